The van der Waals surface area contributed by atoms with Crippen molar-refractivity contribution in [2.75, 3.05) is 38.3 Å². The highest BCUT2D eigenvalue weighted by atomic mass is 19.4. The highest BCUT2D eigenvalue weighted by molar-refractivity contribution is 5.68. The predicted molar refractivity (Wildman–Crippen MR) is 125 cm³/mol. The topological polar surface area (TPSA) is 94.0 Å². The fraction of sp³-hybridized carbons (Fsp3) is 0.560. The van der Waals surface area contributed by atoms with Gasteiger partial charge in [0, 0.05) is 31.4 Å². The van der Waals surface area contributed by atoms with E-state index in [1.54, 1.807) is 12.3 Å². The molecule has 1 unspecified atom stereocenters. The zero-order valence-corrected chi connectivity index (χ0v) is 20.0. The minimum Gasteiger partial charge on any atom is -0.481 e. The molecule has 2 aliphatic rings. The van der Waals surface area contributed by atoms with Crippen LogP contribution in [-0.4, -0.2) is 60.6 Å². The molecule has 1 aliphatic heterocycles. The Hall–Kier alpha value is -3.24. The smallest absolute Gasteiger partial charge is 0.422 e. The molecule has 2 aromatic heterocycles. The van der Waals surface area contributed by atoms with Crippen molar-refractivity contribution in [3.05, 3.63) is 36.2 Å². The molecule has 1 N–H and O–H groups in total. The number of rotatable bonds is 11. The summed E-state index contributed by atoms with van der Waals surface area (Å²) in [4.78, 5) is 21.5. The summed E-state index contributed by atoms with van der Waals surface area (Å²) in [6.07, 6.45) is 2.19. The van der Waals surface area contributed by atoms with Crippen molar-refractivity contribution in [2.45, 2.75) is 44.2 Å². The number of methoxy groups -OCH3 is 1. The summed E-state index contributed by atoms with van der Waals surface area (Å²) in [6, 6.07) is 5.29. The lowest BCUT2D eigenvalue weighted by Gasteiger charge is -2.34. The van der Waals surface area contributed by atoms with Gasteiger partial charge >= 0.3 is 12.1 Å². The molecule has 3 heterocycles. The SMILES string of the molecule is COc1cc(N2CCC(COc3cc(C(CC(=O)O)C4CC4)ccn3)CC2)c(OCC(F)(F)F)cn1. The van der Waals surface area contributed by atoms with Gasteiger partial charge in [0.1, 0.15) is 0 Å². The molecule has 0 aromatic carbocycles. The largest absolute Gasteiger partial charge is 0.481 e. The van der Waals surface area contributed by atoms with Crippen LogP contribution < -0.4 is 19.1 Å². The van der Waals surface area contributed by atoms with Crippen LogP contribution >= 0.6 is 0 Å². The highest BCUT2D eigenvalue weighted by Gasteiger charge is 2.34. The van der Waals surface area contributed by atoms with Crippen molar-refractivity contribution in [3.63, 3.8) is 0 Å². The first-order valence-corrected chi connectivity index (χ1v) is 12.0. The molecule has 1 saturated heterocycles. The first-order chi connectivity index (χ1) is 17.2. The summed E-state index contributed by atoms with van der Waals surface area (Å²) in [7, 11) is 1.45. The van der Waals surface area contributed by atoms with Crippen LogP contribution in [0.1, 0.15) is 43.6 Å². The van der Waals surface area contributed by atoms with Gasteiger partial charge in [-0.15, -0.1) is 0 Å². The maximum Gasteiger partial charge on any atom is 0.422 e. The Morgan fingerprint density at radius 3 is 2.53 bits per heavy atom. The Kier molecular flexibility index (Phi) is 8.05. The van der Waals surface area contributed by atoms with Crippen LogP contribution in [0.25, 0.3) is 0 Å². The zero-order chi connectivity index (χ0) is 25.7. The lowest BCUT2D eigenvalue weighted by molar-refractivity contribution is -0.153. The van der Waals surface area contributed by atoms with Crippen LogP contribution in [0, 0.1) is 11.8 Å². The maximum atomic E-state index is 12.7. The van der Waals surface area contributed by atoms with E-state index in [1.165, 1.54) is 13.3 Å². The highest BCUT2D eigenvalue weighted by Crippen LogP contribution is 2.45. The third-order valence-electron chi connectivity index (χ3n) is 6.62. The van der Waals surface area contributed by atoms with Crippen LogP contribution in [0.3, 0.4) is 0 Å². The van der Waals surface area contributed by atoms with Crippen molar-refractivity contribution < 1.29 is 37.3 Å². The van der Waals surface area contributed by atoms with Gasteiger partial charge in [-0.1, -0.05) is 0 Å². The summed E-state index contributed by atoms with van der Waals surface area (Å²) < 4.78 is 54.1. The third-order valence-corrected chi connectivity index (χ3v) is 6.62. The molecule has 196 valence electrons. The minimum absolute atomic E-state index is 0.0257. The number of hydrogen-bond acceptors (Lipinski definition) is 7. The van der Waals surface area contributed by atoms with E-state index in [1.807, 2.05) is 17.0 Å². The van der Waals surface area contributed by atoms with E-state index in [2.05, 4.69) is 9.97 Å². The van der Waals surface area contributed by atoms with Crippen LogP contribution in [0.15, 0.2) is 30.6 Å². The molecular weight excluding hydrogens is 479 g/mol. The first kappa shape index (κ1) is 25.8. The van der Waals surface area contributed by atoms with Crippen LogP contribution in [-0.2, 0) is 4.79 Å². The number of carboxylic acids is 1. The number of pyridine rings is 2. The van der Waals surface area contributed by atoms with E-state index in [4.69, 9.17) is 14.2 Å². The van der Waals surface area contributed by atoms with Crippen molar-refractivity contribution in [2.24, 2.45) is 11.8 Å². The van der Waals surface area contributed by atoms with Crippen LogP contribution in [0.5, 0.6) is 17.5 Å². The molecular formula is C25H30F3N3O5. The van der Waals surface area contributed by atoms with Gasteiger partial charge in [-0.25, -0.2) is 9.97 Å². The lowest BCUT2D eigenvalue weighted by Crippen LogP contribution is -2.36. The normalized spacial score (nSPS) is 17.5. The summed E-state index contributed by atoms with van der Waals surface area (Å²) >= 11 is 0. The molecule has 2 aromatic rings. The fourth-order valence-electron chi connectivity index (χ4n) is 4.56. The fourth-order valence-corrected chi connectivity index (χ4v) is 4.56. The van der Waals surface area contributed by atoms with Gasteiger partial charge in [0.2, 0.25) is 11.8 Å². The van der Waals surface area contributed by atoms with Crippen molar-refractivity contribution in [1.29, 1.82) is 0 Å². The molecule has 0 spiro atoms. The van der Waals surface area contributed by atoms with E-state index in [-0.39, 0.29) is 24.0 Å². The molecule has 0 radical (unpaired) electrons. The van der Waals surface area contributed by atoms with Gasteiger partial charge in [0.25, 0.3) is 0 Å². The number of piperidine rings is 1. The van der Waals surface area contributed by atoms with Gasteiger partial charge in [-0.3, -0.25) is 4.79 Å². The average Bonchev–Trinajstić information content (AvgIpc) is 3.70. The van der Waals surface area contributed by atoms with Crippen LogP contribution in [0.4, 0.5) is 18.9 Å². The first-order valence-electron chi connectivity index (χ1n) is 12.0. The van der Waals surface area contributed by atoms with Crippen molar-refractivity contribution in [1.82, 2.24) is 9.97 Å². The molecule has 1 aliphatic carbocycles. The summed E-state index contributed by atoms with van der Waals surface area (Å²) in [5.41, 5.74) is 1.46. The Balaban J connectivity index is 1.33. The quantitative estimate of drug-likeness (QED) is 0.466. The Bertz CT molecular complexity index is 1040. The zero-order valence-electron chi connectivity index (χ0n) is 20.0. The van der Waals surface area contributed by atoms with Gasteiger partial charge in [-0.05, 0) is 55.1 Å². The molecule has 11 heteroatoms. The standard InChI is InChI=1S/C25H30F3N3O5/c1-34-22-12-20(21(13-30-22)36-15-25(26,27)28)31-8-5-16(6-9-31)14-35-23-10-18(4-7-29-23)19(11-24(32)33)17-2-3-17/h4,7,10,12-13,16-17,19H,2-3,5-6,8-9,11,14-15H2,1H3,(H,32,33). The van der Waals surface area contributed by atoms with E-state index in [0.717, 1.165) is 31.2 Å². The van der Waals surface area contributed by atoms with E-state index in [0.29, 0.717) is 43.1 Å². The Labute approximate surface area is 207 Å². The number of anilines is 1. The molecule has 8 nitrogen and oxygen atoms in total. The average molecular weight is 510 g/mol. The Morgan fingerprint density at radius 1 is 1.14 bits per heavy atom. The second-order valence-electron chi connectivity index (χ2n) is 9.31. The number of nitrogens with zero attached hydrogens (tertiary/aromatic N) is 3. The predicted octanol–water partition coefficient (Wildman–Crippen LogP) is 4.69. The molecule has 0 amide bonds. The number of alkyl halides is 3. The van der Waals surface area contributed by atoms with E-state index < -0.39 is 18.8 Å². The molecule has 1 atom stereocenters. The number of aliphatic carboxylic acids is 1. The number of carboxylic acid groups (broad SMARTS) is 1. The number of halogens is 3. The van der Waals surface area contributed by atoms with Crippen molar-refractivity contribution in [3.8, 4) is 17.5 Å². The summed E-state index contributed by atoms with van der Waals surface area (Å²) in [5.74, 6) is 0.654. The third kappa shape index (κ3) is 7.14. The number of ether oxygens (including phenoxy) is 3. The van der Waals surface area contributed by atoms with E-state index in [9.17, 15) is 23.1 Å². The molecule has 0 bridgehead atoms. The van der Waals surface area contributed by atoms with Gasteiger partial charge in [0.05, 0.1) is 32.0 Å². The molecule has 2 fully saturated rings. The number of hydrogen-bond donors (Lipinski definition) is 1. The molecule has 4 rings (SSSR count). The van der Waals surface area contributed by atoms with Crippen molar-refractivity contribution >= 4 is 11.7 Å². The van der Waals surface area contributed by atoms with Gasteiger partial charge < -0.3 is 24.2 Å². The number of aromatic nitrogens is 2. The summed E-state index contributed by atoms with van der Waals surface area (Å²) in [5, 5.41) is 9.26. The molecule has 36 heavy (non-hydrogen) atoms. The molecule has 1 saturated carbocycles. The summed E-state index contributed by atoms with van der Waals surface area (Å²) in [6.45, 7) is 0.283. The van der Waals surface area contributed by atoms with Gasteiger partial charge in [0.15, 0.2) is 12.4 Å². The van der Waals surface area contributed by atoms with Crippen LogP contribution in [0.2, 0.25) is 0 Å². The monoisotopic (exact) mass is 509 g/mol. The second kappa shape index (κ2) is 11.2. The van der Waals surface area contributed by atoms with Gasteiger partial charge in [-0.2, -0.15) is 13.2 Å². The maximum absolute atomic E-state index is 12.7. The second-order valence-corrected chi connectivity index (χ2v) is 9.31. The lowest BCUT2D eigenvalue weighted by atomic mass is 9.92. The Morgan fingerprint density at radius 2 is 1.89 bits per heavy atom. The minimum atomic E-state index is -4.45. The number of carbonyl (C=O) groups is 1. The van der Waals surface area contributed by atoms with E-state index >= 15 is 0 Å².